The Morgan fingerprint density at radius 1 is 1.67 bits per heavy atom. The topological polar surface area (TPSA) is 69.1 Å². The van der Waals surface area contributed by atoms with Crippen molar-refractivity contribution in [2.24, 2.45) is 11.5 Å². The summed E-state index contributed by atoms with van der Waals surface area (Å²) in [4.78, 5) is 10.4. The van der Waals surface area contributed by atoms with Crippen molar-refractivity contribution in [3.05, 3.63) is 11.6 Å². The molecule has 1 atom stereocenters. The molecule has 1 unspecified atom stereocenters. The molecule has 4 N–H and O–H groups in total. The average Bonchev–Trinajstić information content (AvgIpc) is 1.84. The van der Waals surface area contributed by atoms with Crippen LogP contribution in [-0.4, -0.2) is 11.9 Å². The highest BCUT2D eigenvalue weighted by atomic mass is 16.1. The van der Waals surface area contributed by atoms with Gasteiger partial charge < -0.3 is 11.5 Å². The van der Waals surface area contributed by atoms with Crippen LogP contribution in [0.15, 0.2) is 11.6 Å². The zero-order valence-corrected chi connectivity index (χ0v) is 5.72. The molecule has 0 aliphatic heterocycles. The van der Waals surface area contributed by atoms with Crippen LogP contribution >= 0.6 is 0 Å². The molecule has 1 amide bonds. The van der Waals surface area contributed by atoms with Crippen molar-refractivity contribution in [1.82, 2.24) is 0 Å². The summed E-state index contributed by atoms with van der Waals surface area (Å²) in [6.45, 7) is 3.59. The van der Waals surface area contributed by atoms with Gasteiger partial charge in [0.1, 0.15) is 6.04 Å². The number of carbonyl (C=O) groups is 1. The van der Waals surface area contributed by atoms with Crippen molar-refractivity contribution in [3.63, 3.8) is 0 Å². The maximum absolute atomic E-state index is 10.4. The molecular weight excluding hydrogens is 116 g/mol. The number of carbonyl (C=O) groups excluding carboxylic acids is 1. The molecule has 52 valence electrons. The third kappa shape index (κ3) is 2.28. The summed E-state index contributed by atoms with van der Waals surface area (Å²) in [6.07, 6.45) is 1.77. The van der Waals surface area contributed by atoms with E-state index in [4.69, 9.17) is 11.5 Å². The molecule has 0 saturated carbocycles. The van der Waals surface area contributed by atoms with E-state index in [2.05, 4.69) is 0 Å². The lowest BCUT2D eigenvalue weighted by Gasteiger charge is -2.05. The van der Waals surface area contributed by atoms with Gasteiger partial charge in [-0.1, -0.05) is 11.6 Å². The first-order valence-corrected chi connectivity index (χ1v) is 2.77. The van der Waals surface area contributed by atoms with Crippen molar-refractivity contribution in [2.45, 2.75) is 19.9 Å². The van der Waals surface area contributed by atoms with Gasteiger partial charge in [-0.3, -0.25) is 4.79 Å². The van der Waals surface area contributed by atoms with E-state index >= 15 is 0 Å². The third-order valence-corrected chi connectivity index (χ3v) is 1.25. The Morgan fingerprint density at radius 3 is 2.22 bits per heavy atom. The van der Waals surface area contributed by atoms with Crippen LogP contribution in [0.4, 0.5) is 0 Å². The lowest BCUT2D eigenvalue weighted by atomic mass is 10.1. The first kappa shape index (κ1) is 8.17. The highest BCUT2D eigenvalue weighted by Crippen LogP contribution is 1.95. The maximum Gasteiger partial charge on any atom is 0.238 e. The molecule has 0 fully saturated rings. The van der Waals surface area contributed by atoms with E-state index in [-0.39, 0.29) is 0 Å². The molecule has 0 heterocycles. The minimum atomic E-state index is -0.616. The molecule has 0 aromatic carbocycles. The Labute approximate surface area is 54.7 Å². The van der Waals surface area contributed by atoms with Crippen LogP contribution in [0.3, 0.4) is 0 Å². The predicted molar refractivity (Wildman–Crippen MR) is 36.6 cm³/mol. The largest absolute Gasteiger partial charge is 0.368 e. The number of nitrogens with two attached hydrogens (primary N) is 2. The summed E-state index contributed by atoms with van der Waals surface area (Å²) in [6, 6.07) is -0.616. The SMILES string of the molecule is CC=C(C)C(N)C(N)=O. The predicted octanol–water partition coefficient (Wildman–Crippen LogP) is -0.235. The highest BCUT2D eigenvalue weighted by Gasteiger charge is 2.08. The van der Waals surface area contributed by atoms with E-state index in [1.165, 1.54) is 0 Å². The second kappa shape index (κ2) is 3.25. The van der Waals surface area contributed by atoms with E-state index < -0.39 is 11.9 Å². The smallest absolute Gasteiger partial charge is 0.238 e. The Morgan fingerprint density at radius 2 is 2.11 bits per heavy atom. The summed E-state index contributed by atoms with van der Waals surface area (Å²) >= 11 is 0. The lowest BCUT2D eigenvalue weighted by Crippen LogP contribution is -2.37. The summed E-state index contributed by atoms with van der Waals surface area (Å²) in [7, 11) is 0. The molecular formula is C6H12N2O. The number of hydrogen-bond donors (Lipinski definition) is 2. The van der Waals surface area contributed by atoms with E-state index in [9.17, 15) is 4.79 Å². The molecule has 0 aliphatic rings. The van der Waals surface area contributed by atoms with Crippen molar-refractivity contribution in [3.8, 4) is 0 Å². The molecule has 9 heavy (non-hydrogen) atoms. The minimum absolute atomic E-state index is 0.481. The van der Waals surface area contributed by atoms with Crippen LogP contribution in [0.1, 0.15) is 13.8 Å². The minimum Gasteiger partial charge on any atom is -0.368 e. The van der Waals surface area contributed by atoms with E-state index in [1.807, 2.05) is 6.92 Å². The van der Waals surface area contributed by atoms with Crippen LogP contribution in [-0.2, 0) is 4.79 Å². The van der Waals surface area contributed by atoms with Crippen molar-refractivity contribution in [2.75, 3.05) is 0 Å². The highest BCUT2D eigenvalue weighted by molar-refractivity contribution is 5.82. The van der Waals surface area contributed by atoms with Crippen molar-refractivity contribution >= 4 is 5.91 Å². The molecule has 3 nitrogen and oxygen atoms in total. The molecule has 0 aromatic rings. The zero-order valence-electron chi connectivity index (χ0n) is 5.72. The number of hydrogen-bond acceptors (Lipinski definition) is 2. The first-order chi connectivity index (χ1) is 4.09. The summed E-state index contributed by atoms with van der Waals surface area (Å²) in [5.41, 5.74) is 11.0. The van der Waals surface area contributed by atoms with Gasteiger partial charge in [-0.2, -0.15) is 0 Å². The molecule has 0 aliphatic carbocycles. The Bertz CT molecular complexity index is 140. The van der Waals surface area contributed by atoms with Gasteiger partial charge in [-0.25, -0.2) is 0 Å². The van der Waals surface area contributed by atoms with Crippen LogP contribution in [0.2, 0.25) is 0 Å². The second-order valence-corrected chi connectivity index (χ2v) is 1.91. The molecule has 0 saturated heterocycles. The van der Waals surface area contributed by atoms with Crippen LogP contribution < -0.4 is 11.5 Å². The van der Waals surface area contributed by atoms with Gasteiger partial charge in [0.15, 0.2) is 0 Å². The number of primary amides is 1. The fourth-order valence-electron chi connectivity index (χ4n) is 0.404. The molecule has 0 spiro atoms. The molecule has 0 rings (SSSR count). The van der Waals surface area contributed by atoms with Gasteiger partial charge in [0.2, 0.25) is 5.91 Å². The van der Waals surface area contributed by atoms with Gasteiger partial charge >= 0.3 is 0 Å². The summed E-state index contributed by atoms with van der Waals surface area (Å²) in [5.74, 6) is -0.481. The number of rotatable bonds is 2. The molecule has 0 aromatic heterocycles. The van der Waals surface area contributed by atoms with Crippen LogP contribution in [0, 0.1) is 0 Å². The van der Waals surface area contributed by atoms with Gasteiger partial charge in [-0.15, -0.1) is 0 Å². The zero-order chi connectivity index (χ0) is 7.44. The number of amides is 1. The fraction of sp³-hybridized carbons (Fsp3) is 0.500. The molecule has 3 heteroatoms. The van der Waals surface area contributed by atoms with Crippen LogP contribution in [0.5, 0.6) is 0 Å². The normalized spacial score (nSPS) is 15.2. The molecule has 0 bridgehead atoms. The molecule has 0 radical (unpaired) electrons. The van der Waals surface area contributed by atoms with E-state index in [0.717, 1.165) is 5.57 Å². The Kier molecular flexibility index (Phi) is 2.95. The monoisotopic (exact) mass is 128 g/mol. The first-order valence-electron chi connectivity index (χ1n) is 2.77. The van der Waals surface area contributed by atoms with Gasteiger partial charge in [-0.05, 0) is 13.8 Å². The van der Waals surface area contributed by atoms with Gasteiger partial charge in [0.05, 0.1) is 0 Å². The van der Waals surface area contributed by atoms with Gasteiger partial charge in [0, 0.05) is 0 Å². The summed E-state index contributed by atoms with van der Waals surface area (Å²) < 4.78 is 0. The van der Waals surface area contributed by atoms with E-state index in [0.29, 0.717) is 0 Å². The third-order valence-electron chi connectivity index (χ3n) is 1.25. The quantitative estimate of drug-likeness (QED) is 0.504. The lowest BCUT2D eigenvalue weighted by molar-refractivity contribution is -0.118. The second-order valence-electron chi connectivity index (χ2n) is 1.91. The Hall–Kier alpha value is -0.830. The average molecular weight is 128 g/mol. The number of allylic oxidation sites excluding steroid dienone is 1. The van der Waals surface area contributed by atoms with Crippen molar-refractivity contribution in [1.29, 1.82) is 0 Å². The maximum atomic E-state index is 10.4. The van der Waals surface area contributed by atoms with Crippen LogP contribution in [0.25, 0.3) is 0 Å². The van der Waals surface area contributed by atoms with Gasteiger partial charge in [0.25, 0.3) is 0 Å². The van der Waals surface area contributed by atoms with Crippen molar-refractivity contribution < 1.29 is 4.79 Å². The fourth-order valence-corrected chi connectivity index (χ4v) is 0.404. The summed E-state index contributed by atoms with van der Waals surface area (Å²) in [5, 5.41) is 0. The van der Waals surface area contributed by atoms with E-state index in [1.54, 1.807) is 13.0 Å². The standard InChI is InChI=1S/C6H12N2O/c1-3-4(2)5(7)6(8)9/h3,5H,7H2,1-2H3,(H2,8,9). The Balaban J connectivity index is 4.04.